The van der Waals surface area contributed by atoms with Crippen LogP contribution < -0.4 is 10.6 Å². The maximum Gasteiger partial charge on any atom is 0.0614 e. The van der Waals surface area contributed by atoms with Gasteiger partial charge in [0.1, 0.15) is 0 Å². The van der Waals surface area contributed by atoms with Crippen molar-refractivity contribution >= 4 is 12.2 Å². The van der Waals surface area contributed by atoms with Gasteiger partial charge in [-0.2, -0.15) is 0 Å². The molecule has 3 heterocycles. The van der Waals surface area contributed by atoms with E-state index in [2.05, 4.69) is 72.8 Å². The van der Waals surface area contributed by atoms with E-state index >= 15 is 0 Å². The first-order valence-electron chi connectivity index (χ1n) is 9.82. The van der Waals surface area contributed by atoms with Crippen molar-refractivity contribution in [2.24, 2.45) is 11.8 Å². The van der Waals surface area contributed by atoms with Gasteiger partial charge < -0.3 is 9.47 Å². The number of nitrogens with zero attached hydrogens (tertiary/aromatic N) is 2. The number of benzene rings is 1. The number of rotatable bonds is 1. The number of aromatic nitrogens is 1. The van der Waals surface area contributed by atoms with Crippen LogP contribution in [-0.2, 0) is 6.54 Å². The van der Waals surface area contributed by atoms with Crippen molar-refractivity contribution in [3.05, 3.63) is 57.7 Å². The highest BCUT2D eigenvalue weighted by Gasteiger charge is 2.39. The average Bonchev–Trinajstić information content (AvgIpc) is 2.90. The number of hydrogen-bond donors (Lipinski definition) is 0. The lowest BCUT2D eigenvalue weighted by Gasteiger charge is -2.42. The molecule has 2 aromatic rings. The molecule has 1 aromatic heterocycles. The van der Waals surface area contributed by atoms with E-state index in [1.807, 2.05) is 0 Å². The van der Waals surface area contributed by atoms with Crippen LogP contribution in [0.4, 0.5) is 0 Å². The van der Waals surface area contributed by atoms with Crippen LogP contribution in [0.1, 0.15) is 55.5 Å². The Hall–Kier alpha value is -1.80. The second-order valence-electron chi connectivity index (χ2n) is 8.58. The third-order valence-electron chi connectivity index (χ3n) is 6.52. The van der Waals surface area contributed by atoms with Crippen molar-refractivity contribution in [1.82, 2.24) is 9.47 Å². The van der Waals surface area contributed by atoms with Crippen LogP contribution >= 0.6 is 0 Å². The first-order valence-corrected chi connectivity index (χ1v) is 9.82. The van der Waals surface area contributed by atoms with Gasteiger partial charge in [-0.3, -0.25) is 0 Å². The molecule has 1 aliphatic carbocycles. The summed E-state index contributed by atoms with van der Waals surface area (Å²) in [6.07, 6.45) is 7.53. The summed E-state index contributed by atoms with van der Waals surface area (Å²) >= 11 is 0. The lowest BCUT2D eigenvalue weighted by atomic mass is 9.79. The highest BCUT2D eigenvalue weighted by atomic mass is 15.1. The van der Waals surface area contributed by atoms with Crippen molar-refractivity contribution in [2.75, 3.05) is 13.6 Å². The zero-order valence-electron chi connectivity index (χ0n) is 15.6. The third-order valence-corrected chi connectivity index (χ3v) is 6.52. The standard InChI is InChI=1S/C23H28N2/c1-15-9-10-21-19(11-15)20-14-24(3)13-18-12-16(2)22(25(21)23(18)20)17-7-5-4-6-8-17/h4-8,10-11,15-16,18,22H,9,12-14H2,1-3H3. The molecule has 4 unspecified atom stereocenters. The maximum absolute atomic E-state index is 2.74. The molecule has 5 rings (SSSR count). The van der Waals surface area contributed by atoms with E-state index in [4.69, 9.17) is 0 Å². The minimum atomic E-state index is 0.483. The fourth-order valence-corrected chi connectivity index (χ4v) is 5.59. The largest absolute Gasteiger partial charge is 0.336 e. The normalized spacial score (nSPS) is 30.8. The molecule has 0 amide bonds. The van der Waals surface area contributed by atoms with Gasteiger partial charge in [-0.25, -0.2) is 0 Å². The zero-order valence-corrected chi connectivity index (χ0v) is 15.6. The van der Waals surface area contributed by atoms with Crippen LogP contribution in [0.15, 0.2) is 30.3 Å². The van der Waals surface area contributed by atoms with Gasteiger partial charge >= 0.3 is 0 Å². The SMILES string of the molecule is CC1C=c2c3c4n(c2=CC1)C(c1ccccc1)C(C)CC4CN(C)C3. The summed E-state index contributed by atoms with van der Waals surface area (Å²) in [7, 11) is 2.29. The van der Waals surface area contributed by atoms with Gasteiger partial charge in [-0.1, -0.05) is 56.3 Å². The van der Waals surface area contributed by atoms with Gasteiger partial charge in [-0.15, -0.1) is 0 Å². The molecule has 2 nitrogen and oxygen atoms in total. The fourth-order valence-electron chi connectivity index (χ4n) is 5.59. The number of likely N-dealkylation sites (N-methyl/N-ethyl adjacent to an activating group) is 1. The summed E-state index contributed by atoms with van der Waals surface area (Å²) in [5, 5.41) is 3.05. The van der Waals surface area contributed by atoms with Crippen LogP contribution in [0.3, 0.4) is 0 Å². The second-order valence-corrected chi connectivity index (χ2v) is 8.58. The molecule has 0 fully saturated rings. The number of fused-ring (bicyclic) bond motifs is 3. The Morgan fingerprint density at radius 1 is 1.08 bits per heavy atom. The van der Waals surface area contributed by atoms with Crippen LogP contribution in [0, 0.1) is 11.8 Å². The summed E-state index contributed by atoms with van der Waals surface area (Å²) in [6.45, 7) is 7.12. The average molecular weight is 332 g/mol. The quantitative estimate of drug-likeness (QED) is 0.778. The molecular formula is C23H28N2. The van der Waals surface area contributed by atoms with E-state index in [1.165, 1.54) is 30.3 Å². The molecule has 0 saturated heterocycles. The Morgan fingerprint density at radius 2 is 1.88 bits per heavy atom. The first-order chi connectivity index (χ1) is 12.1. The Morgan fingerprint density at radius 3 is 2.68 bits per heavy atom. The summed E-state index contributed by atoms with van der Waals surface area (Å²) in [6, 6.07) is 11.7. The molecule has 0 spiro atoms. The highest BCUT2D eigenvalue weighted by molar-refractivity contribution is 5.48. The third kappa shape index (κ3) is 2.27. The van der Waals surface area contributed by atoms with E-state index in [0.29, 0.717) is 23.8 Å². The molecule has 0 N–H and O–H groups in total. The Labute approximate surface area is 150 Å². The van der Waals surface area contributed by atoms with E-state index in [1.54, 1.807) is 16.5 Å². The predicted molar refractivity (Wildman–Crippen MR) is 104 cm³/mol. The van der Waals surface area contributed by atoms with Crippen molar-refractivity contribution in [3.8, 4) is 0 Å². The van der Waals surface area contributed by atoms with Crippen molar-refractivity contribution in [2.45, 2.75) is 45.2 Å². The second kappa shape index (κ2) is 5.60. The summed E-state index contributed by atoms with van der Waals surface area (Å²) in [5.41, 5.74) is 4.74. The summed E-state index contributed by atoms with van der Waals surface area (Å²) in [5.74, 6) is 2.02. The predicted octanol–water partition coefficient (Wildman–Crippen LogP) is 3.25. The van der Waals surface area contributed by atoms with Crippen molar-refractivity contribution < 1.29 is 0 Å². The minimum absolute atomic E-state index is 0.483. The molecule has 2 heteroatoms. The van der Waals surface area contributed by atoms with Gasteiger partial charge in [0.05, 0.1) is 6.04 Å². The Balaban J connectivity index is 1.83. The van der Waals surface area contributed by atoms with Crippen molar-refractivity contribution in [3.63, 3.8) is 0 Å². The van der Waals surface area contributed by atoms with Gasteiger partial charge in [0.2, 0.25) is 0 Å². The molecule has 4 atom stereocenters. The van der Waals surface area contributed by atoms with Gasteiger partial charge in [0.25, 0.3) is 0 Å². The van der Waals surface area contributed by atoms with E-state index < -0.39 is 0 Å². The smallest absolute Gasteiger partial charge is 0.0614 e. The Bertz CT molecular complexity index is 921. The Kier molecular flexibility index (Phi) is 3.46. The van der Waals surface area contributed by atoms with Gasteiger partial charge in [0.15, 0.2) is 0 Å². The molecule has 3 aliphatic rings. The molecule has 0 saturated carbocycles. The molecule has 25 heavy (non-hydrogen) atoms. The maximum atomic E-state index is 2.74. The van der Waals surface area contributed by atoms with E-state index in [9.17, 15) is 0 Å². The van der Waals surface area contributed by atoms with Crippen LogP contribution in [0.5, 0.6) is 0 Å². The first kappa shape index (κ1) is 15.5. The summed E-state index contributed by atoms with van der Waals surface area (Å²) in [4.78, 5) is 2.53. The number of hydrogen-bond acceptors (Lipinski definition) is 1. The molecule has 2 aliphatic heterocycles. The monoisotopic (exact) mass is 332 g/mol. The molecule has 1 aromatic carbocycles. The van der Waals surface area contributed by atoms with E-state index in [0.717, 1.165) is 6.54 Å². The lowest BCUT2D eigenvalue weighted by Crippen LogP contribution is -2.40. The van der Waals surface area contributed by atoms with Crippen molar-refractivity contribution in [1.29, 1.82) is 0 Å². The topological polar surface area (TPSA) is 8.17 Å². The zero-order chi connectivity index (χ0) is 17.1. The van der Waals surface area contributed by atoms with Crippen LogP contribution in [0.2, 0.25) is 0 Å². The molecule has 0 radical (unpaired) electrons. The molecule has 130 valence electrons. The molecule has 0 bridgehead atoms. The van der Waals surface area contributed by atoms with E-state index in [-0.39, 0.29) is 0 Å². The molecular weight excluding hydrogens is 304 g/mol. The minimum Gasteiger partial charge on any atom is -0.336 e. The lowest BCUT2D eigenvalue weighted by molar-refractivity contribution is 0.211. The fraction of sp³-hybridized carbons (Fsp3) is 0.478. The van der Waals surface area contributed by atoms with Crippen LogP contribution in [0.25, 0.3) is 12.2 Å². The van der Waals surface area contributed by atoms with Gasteiger partial charge in [-0.05, 0) is 42.9 Å². The van der Waals surface area contributed by atoms with Gasteiger partial charge in [0, 0.05) is 35.3 Å². The van der Waals surface area contributed by atoms with Crippen LogP contribution in [-0.4, -0.2) is 23.1 Å². The highest BCUT2D eigenvalue weighted by Crippen LogP contribution is 2.43. The summed E-state index contributed by atoms with van der Waals surface area (Å²) < 4.78 is 2.74.